The van der Waals surface area contributed by atoms with Gasteiger partial charge in [0, 0.05) is 0 Å². The zero-order valence-corrected chi connectivity index (χ0v) is 11.7. The molecule has 20 heavy (non-hydrogen) atoms. The first-order valence-electron chi connectivity index (χ1n) is 6.29. The lowest BCUT2D eigenvalue weighted by molar-refractivity contribution is 0.463. The van der Waals surface area contributed by atoms with Gasteiger partial charge < -0.3 is 4.42 Å². The van der Waals surface area contributed by atoms with E-state index in [-0.39, 0.29) is 11.4 Å². The Morgan fingerprint density at radius 3 is 2.75 bits per heavy atom. The van der Waals surface area contributed by atoms with E-state index in [0.29, 0.717) is 29.0 Å². The summed E-state index contributed by atoms with van der Waals surface area (Å²) in [4.78, 5) is 17.0. The number of aryl methyl sites for hydroxylation is 1. The van der Waals surface area contributed by atoms with Gasteiger partial charge in [-0.25, -0.2) is 4.98 Å². The predicted molar refractivity (Wildman–Crippen MR) is 78.1 cm³/mol. The van der Waals surface area contributed by atoms with E-state index in [4.69, 9.17) is 16.0 Å². The Balaban J connectivity index is 2.18. The second-order valence-corrected chi connectivity index (χ2v) is 4.85. The lowest BCUT2D eigenvalue weighted by Crippen LogP contribution is -2.25. The van der Waals surface area contributed by atoms with Crippen molar-refractivity contribution in [3.05, 3.63) is 64.1 Å². The van der Waals surface area contributed by atoms with Crippen molar-refractivity contribution < 1.29 is 4.42 Å². The number of nitrogens with zero attached hydrogens (tertiary/aromatic N) is 2. The van der Waals surface area contributed by atoms with E-state index in [0.717, 1.165) is 5.76 Å². The van der Waals surface area contributed by atoms with Crippen LogP contribution in [-0.2, 0) is 12.4 Å². The van der Waals surface area contributed by atoms with Crippen molar-refractivity contribution in [1.29, 1.82) is 0 Å². The molecule has 0 radical (unpaired) electrons. The van der Waals surface area contributed by atoms with Crippen LogP contribution in [0.15, 0.2) is 45.6 Å². The maximum atomic E-state index is 12.5. The normalized spacial score (nSPS) is 11.1. The number of halogens is 1. The van der Waals surface area contributed by atoms with Crippen LogP contribution in [0, 0.1) is 6.92 Å². The minimum atomic E-state index is -0.0969. The third-order valence-electron chi connectivity index (χ3n) is 3.17. The van der Waals surface area contributed by atoms with Gasteiger partial charge >= 0.3 is 0 Å². The van der Waals surface area contributed by atoms with Crippen molar-refractivity contribution in [2.45, 2.75) is 19.3 Å². The molecule has 3 aromatic rings. The van der Waals surface area contributed by atoms with Crippen molar-refractivity contribution in [3.63, 3.8) is 0 Å². The quantitative estimate of drug-likeness (QED) is 0.696. The summed E-state index contributed by atoms with van der Waals surface area (Å²) in [6.45, 7) is 2.21. The molecule has 102 valence electrons. The van der Waals surface area contributed by atoms with Crippen LogP contribution in [0.4, 0.5) is 0 Å². The Morgan fingerprint density at radius 2 is 2.05 bits per heavy atom. The van der Waals surface area contributed by atoms with E-state index in [1.165, 1.54) is 0 Å². The van der Waals surface area contributed by atoms with E-state index < -0.39 is 0 Å². The van der Waals surface area contributed by atoms with Crippen molar-refractivity contribution >= 4 is 22.5 Å². The molecule has 0 unspecified atom stereocenters. The molecule has 0 aliphatic rings. The standard InChI is InChI=1S/C15H13ClN2O2/c1-10-6-7-11(20-10)9-18-14(8-16)17-13-5-3-2-4-12(13)15(18)19/h2-7H,8-9H2,1H3. The predicted octanol–water partition coefficient (Wildman–Crippen LogP) is 3.09. The minimum Gasteiger partial charge on any atom is -0.464 e. The Bertz CT molecular complexity index is 820. The third kappa shape index (κ3) is 2.23. The molecule has 0 amide bonds. The summed E-state index contributed by atoms with van der Waals surface area (Å²) < 4.78 is 7.09. The largest absolute Gasteiger partial charge is 0.464 e. The van der Waals surface area contributed by atoms with Gasteiger partial charge in [0.2, 0.25) is 0 Å². The molecule has 0 atom stereocenters. The van der Waals surface area contributed by atoms with Gasteiger partial charge in [0.1, 0.15) is 17.3 Å². The first kappa shape index (κ1) is 12.9. The smallest absolute Gasteiger partial charge is 0.261 e. The zero-order valence-electron chi connectivity index (χ0n) is 11.0. The van der Waals surface area contributed by atoms with E-state index in [1.54, 1.807) is 10.6 Å². The van der Waals surface area contributed by atoms with E-state index in [2.05, 4.69) is 4.98 Å². The molecule has 5 heteroatoms. The topological polar surface area (TPSA) is 48.0 Å². The summed E-state index contributed by atoms with van der Waals surface area (Å²) in [6, 6.07) is 11.0. The number of hydrogen-bond acceptors (Lipinski definition) is 3. The maximum absolute atomic E-state index is 12.5. The highest BCUT2D eigenvalue weighted by Gasteiger charge is 2.11. The van der Waals surface area contributed by atoms with Crippen molar-refractivity contribution in [2.24, 2.45) is 0 Å². The summed E-state index contributed by atoms with van der Waals surface area (Å²) in [5.74, 6) is 2.26. The molecule has 0 aliphatic heterocycles. The summed E-state index contributed by atoms with van der Waals surface area (Å²) >= 11 is 5.92. The molecular formula is C15H13ClN2O2. The summed E-state index contributed by atoms with van der Waals surface area (Å²) in [5, 5.41) is 0.588. The summed E-state index contributed by atoms with van der Waals surface area (Å²) in [5.41, 5.74) is 0.570. The highest BCUT2D eigenvalue weighted by Crippen LogP contribution is 2.13. The highest BCUT2D eigenvalue weighted by molar-refractivity contribution is 6.16. The van der Waals surface area contributed by atoms with Crippen molar-refractivity contribution in [2.75, 3.05) is 0 Å². The number of para-hydroxylation sites is 1. The van der Waals surface area contributed by atoms with Gasteiger partial charge in [-0.3, -0.25) is 9.36 Å². The summed E-state index contributed by atoms with van der Waals surface area (Å²) in [7, 11) is 0. The molecule has 2 aromatic heterocycles. The maximum Gasteiger partial charge on any atom is 0.261 e. The lowest BCUT2D eigenvalue weighted by atomic mass is 10.2. The van der Waals surface area contributed by atoms with E-state index >= 15 is 0 Å². The van der Waals surface area contributed by atoms with Crippen LogP contribution in [0.5, 0.6) is 0 Å². The molecule has 0 N–H and O–H groups in total. The SMILES string of the molecule is Cc1ccc(Cn2c(CCl)nc3ccccc3c2=O)o1. The lowest BCUT2D eigenvalue weighted by Gasteiger charge is -2.10. The fourth-order valence-electron chi connectivity index (χ4n) is 2.21. The minimum absolute atomic E-state index is 0.0969. The van der Waals surface area contributed by atoms with Crippen LogP contribution >= 0.6 is 11.6 Å². The van der Waals surface area contributed by atoms with Gasteiger partial charge in [0.15, 0.2) is 0 Å². The fraction of sp³-hybridized carbons (Fsp3) is 0.200. The molecule has 0 saturated heterocycles. The first-order chi connectivity index (χ1) is 9.69. The molecule has 2 heterocycles. The van der Waals surface area contributed by atoms with E-state index in [9.17, 15) is 4.79 Å². The van der Waals surface area contributed by atoms with Gasteiger partial charge in [-0.2, -0.15) is 0 Å². The Hall–Kier alpha value is -2.07. The average Bonchev–Trinajstić information content (AvgIpc) is 2.87. The van der Waals surface area contributed by atoms with Crippen LogP contribution in [0.2, 0.25) is 0 Å². The Morgan fingerprint density at radius 1 is 1.25 bits per heavy atom. The Labute approximate surface area is 120 Å². The molecule has 0 spiro atoms. The second kappa shape index (κ2) is 5.13. The second-order valence-electron chi connectivity index (χ2n) is 4.58. The van der Waals surface area contributed by atoms with Crippen LogP contribution in [0.1, 0.15) is 17.3 Å². The van der Waals surface area contributed by atoms with Gasteiger partial charge in [-0.1, -0.05) is 12.1 Å². The van der Waals surface area contributed by atoms with E-state index in [1.807, 2.05) is 37.3 Å². The van der Waals surface area contributed by atoms with Gasteiger partial charge in [-0.15, -0.1) is 11.6 Å². The van der Waals surface area contributed by atoms with Gasteiger partial charge in [-0.05, 0) is 31.2 Å². The molecule has 0 bridgehead atoms. The average molecular weight is 289 g/mol. The fourth-order valence-corrected chi connectivity index (χ4v) is 2.41. The van der Waals surface area contributed by atoms with Crippen LogP contribution < -0.4 is 5.56 Å². The molecule has 1 aromatic carbocycles. The number of benzene rings is 1. The van der Waals surface area contributed by atoms with Gasteiger partial charge in [0.25, 0.3) is 5.56 Å². The third-order valence-corrected chi connectivity index (χ3v) is 3.41. The number of alkyl halides is 1. The number of fused-ring (bicyclic) bond motifs is 1. The molecular weight excluding hydrogens is 276 g/mol. The number of aromatic nitrogens is 2. The number of furan rings is 1. The molecule has 4 nitrogen and oxygen atoms in total. The molecule has 0 aliphatic carbocycles. The zero-order chi connectivity index (χ0) is 14.1. The van der Waals surface area contributed by atoms with Crippen LogP contribution in [-0.4, -0.2) is 9.55 Å². The molecule has 3 rings (SSSR count). The van der Waals surface area contributed by atoms with Crippen molar-refractivity contribution in [1.82, 2.24) is 9.55 Å². The highest BCUT2D eigenvalue weighted by atomic mass is 35.5. The monoisotopic (exact) mass is 288 g/mol. The Kier molecular flexibility index (Phi) is 3.32. The van der Waals surface area contributed by atoms with Gasteiger partial charge in [0.05, 0.1) is 23.3 Å². The summed E-state index contributed by atoms with van der Waals surface area (Å²) in [6.07, 6.45) is 0. The molecule has 0 saturated carbocycles. The van der Waals surface area contributed by atoms with Crippen molar-refractivity contribution in [3.8, 4) is 0 Å². The first-order valence-corrected chi connectivity index (χ1v) is 6.82. The van der Waals surface area contributed by atoms with Crippen LogP contribution in [0.3, 0.4) is 0 Å². The molecule has 0 fully saturated rings. The van der Waals surface area contributed by atoms with Crippen LogP contribution in [0.25, 0.3) is 10.9 Å². The number of rotatable bonds is 3. The number of hydrogen-bond donors (Lipinski definition) is 0.